The summed E-state index contributed by atoms with van der Waals surface area (Å²) < 4.78 is 6.59. The number of nitrogens with zero attached hydrogens (tertiary/aromatic N) is 3. The molecule has 0 bridgehead atoms. The maximum absolute atomic E-state index is 12.3. The van der Waals surface area contributed by atoms with E-state index in [1.165, 1.54) is 10.1 Å². The third-order valence-electron chi connectivity index (χ3n) is 4.39. The lowest BCUT2D eigenvalue weighted by Crippen LogP contribution is -2.29. The van der Waals surface area contributed by atoms with Gasteiger partial charge in [0.15, 0.2) is 5.58 Å². The monoisotopic (exact) mass is 339 g/mol. The molecule has 25 heavy (non-hydrogen) atoms. The highest BCUT2D eigenvalue weighted by molar-refractivity contribution is 5.77. The van der Waals surface area contributed by atoms with Crippen LogP contribution in [0.4, 0.5) is 0 Å². The van der Waals surface area contributed by atoms with Gasteiger partial charge < -0.3 is 9.32 Å². The molecule has 0 aliphatic carbocycles. The quantitative estimate of drug-likeness (QED) is 0.690. The zero-order valence-electron chi connectivity index (χ0n) is 14.4. The van der Waals surface area contributed by atoms with Gasteiger partial charge in [-0.25, -0.2) is 4.79 Å². The zero-order valence-corrected chi connectivity index (χ0v) is 14.4. The normalized spacial score (nSPS) is 11.0. The summed E-state index contributed by atoms with van der Waals surface area (Å²) >= 11 is 0. The smallest absolute Gasteiger partial charge is 0.408 e. The lowest BCUT2D eigenvalue weighted by atomic mass is 10.1. The van der Waals surface area contributed by atoms with E-state index in [2.05, 4.69) is 4.98 Å². The second-order valence-electron chi connectivity index (χ2n) is 6.15. The molecule has 0 atom stereocenters. The van der Waals surface area contributed by atoms with E-state index in [0.717, 1.165) is 17.5 Å². The average molecular weight is 339 g/mol. The Bertz CT molecular complexity index is 928. The lowest BCUT2D eigenvalue weighted by molar-refractivity contribution is -0.129. The molecule has 1 aromatic carbocycles. The van der Waals surface area contributed by atoms with Crippen molar-refractivity contribution in [1.29, 1.82) is 0 Å². The number of carbonyl (C=O) groups is 1. The van der Waals surface area contributed by atoms with Gasteiger partial charge in [-0.15, -0.1) is 0 Å². The van der Waals surface area contributed by atoms with Crippen LogP contribution in [0.5, 0.6) is 0 Å². The van der Waals surface area contributed by atoms with E-state index in [0.29, 0.717) is 25.0 Å². The SMILES string of the molecule is CN(CCc1ccncc1)C(=O)CCc1ccc2oc(=O)n(C)c2c1. The molecule has 2 aromatic heterocycles. The van der Waals surface area contributed by atoms with Crippen molar-refractivity contribution in [3.63, 3.8) is 0 Å². The van der Waals surface area contributed by atoms with Crippen molar-refractivity contribution < 1.29 is 9.21 Å². The second kappa shape index (κ2) is 7.34. The minimum Gasteiger partial charge on any atom is -0.408 e. The fourth-order valence-corrected chi connectivity index (χ4v) is 2.74. The molecule has 3 aromatic rings. The highest BCUT2D eigenvalue weighted by atomic mass is 16.4. The lowest BCUT2D eigenvalue weighted by Gasteiger charge is -2.17. The summed E-state index contributed by atoms with van der Waals surface area (Å²) in [6.45, 7) is 0.679. The van der Waals surface area contributed by atoms with Crippen molar-refractivity contribution in [2.45, 2.75) is 19.3 Å². The van der Waals surface area contributed by atoms with Crippen LogP contribution >= 0.6 is 0 Å². The van der Waals surface area contributed by atoms with Gasteiger partial charge in [0.05, 0.1) is 5.52 Å². The fourth-order valence-electron chi connectivity index (χ4n) is 2.74. The minimum atomic E-state index is -0.376. The first kappa shape index (κ1) is 17.0. The molecule has 6 heteroatoms. The molecular weight excluding hydrogens is 318 g/mol. The summed E-state index contributed by atoms with van der Waals surface area (Å²) in [4.78, 5) is 29.6. The zero-order chi connectivity index (χ0) is 17.8. The molecule has 6 nitrogen and oxygen atoms in total. The van der Waals surface area contributed by atoms with Crippen molar-refractivity contribution >= 4 is 17.0 Å². The van der Waals surface area contributed by atoms with Crippen LogP contribution in [0.15, 0.2) is 51.9 Å². The molecule has 0 aliphatic heterocycles. The van der Waals surface area contributed by atoms with Gasteiger partial charge in [0.25, 0.3) is 0 Å². The Morgan fingerprint density at radius 1 is 1.16 bits per heavy atom. The molecule has 0 fully saturated rings. The van der Waals surface area contributed by atoms with Crippen molar-refractivity contribution in [3.8, 4) is 0 Å². The Labute approximate surface area is 145 Å². The van der Waals surface area contributed by atoms with Gasteiger partial charge >= 0.3 is 5.76 Å². The Balaban J connectivity index is 1.56. The number of hydrogen-bond acceptors (Lipinski definition) is 4. The molecule has 2 heterocycles. The van der Waals surface area contributed by atoms with Crippen LogP contribution in [0.1, 0.15) is 17.5 Å². The molecular formula is C19H21N3O3. The topological polar surface area (TPSA) is 68.3 Å². The van der Waals surface area contributed by atoms with Crippen molar-refractivity contribution in [2.24, 2.45) is 7.05 Å². The molecule has 0 spiro atoms. The number of amides is 1. The number of likely N-dealkylation sites (N-methyl/N-ethyl adjacent to an activating group) is 1. The number of aryl methyl sites for hydroxylation is 2. The first-order chi connectivity index (χ1) is 12.0. The van der Waals surface area contributed by atoms with Crippen LogP contribution in [0.25, 0.3) is 11.1 Å². The molecule has 1 amide bonds. The number of oxazole rings is 1. The van der Waals surface area contributed by atoms with Gasteiger partial charge in [-0.05, 0) is 48.2 Å². The van der Waals surface area contributed by atoms with Gasteiger partial charge in [0, 0.05) is 39.5 Å². The molecule has 0 radical (unpaired) electrons. The number of pyridine rings is 1. The predicted octanol–water partition coefficient (Wildman–Crippen LogP) is 2.16. The maximum atomic E-state index is 12.3. The number of carbonyl (C=O) groups excluding carboxylic acids is 1. The molecule has 0 aliphatic rings. The van der Waals surface area contributed by atoms with Gasteiger partial charge in [-0.3, -0.25) is 14.3 Å². The van der Waals surface area contributed by atoms with Crippen LogP contribution < -0.4 is 5.76 Å². The van der Waals surface area contributed by atoms with Crippen LogP contribution in [0.3, 0.4) is 0 Å². The predicted molar refractivity (Wildman–Crippen MR) is 95.4 cm³/mol. The van der Waals surface area contributed by atoms with Crippen molar-refractivity contribution in [2.75, 3.05) is 13.6 Å². The van der Waals surface area contributed by atoms with Gasteiger partial charge in [0.2, 0.25) is 5.91 Å². The Kier molecular flexibility index (Phi) is 4.97. The number of benzene rings is 1. The van der Waals surface area contributed by atoms with E-state index >= 15 is 0 Å². The molecule has 3 rings (SSSR count). The van der Waals surface area contributed by atoms with Crippen molar-refractivity contribution in [1.82, 2.24) is 14.5 Å². The van der Waals surface area contributed by atoms with E-state index in [4.69, 9.17) is 4.42 Å². The van der Waals surface area contributed by atoms with Crippen LogP contribution in [-0.2, 0) is 24.7 Å². The average Bonchev–Trinajstić information content (AvgIpc) is 2.92. The first-order valence-electron chi connectivity index (χ1n) is 8.26. The Morgan fingerprint density at radius 3 is 2.68 bits per heavy atom. The number of rotatable bonds is 6. The Hall–Kier alpha value is -2.89. The standard InChI is InChI=1S/C19H21N3O3/c1-21(12-9-14-7-10-20-11-8-14)18(23)6-4-15-3-5-17-16(13-15)22(2)19(24)25-17/h3,5,7-8,10-11,13H,4,6,9,12H2,1-2H3. The number of hydrogen-bond donors (Lipinski definition) is 0. The van der Waals surface area contributed by atoms with Crippen LogP contribution in [0, 0.1) is 0 Å². The van der Waals surface area contributed by atoms with E-state index < -0.39 is 0 Å². The minimum absolute atomic E-state index is 0.107. The number of aromatic nitrogens is 2. The van der Waals surface area contributed by atoms with Gasteiger partial charge in [-0.1, -0.05) is 6.07 Å². The summed E-state index contributed by atoms with van der Waals surface area (Å²) in [6.07, 6.45) is 5.40. The van der Waals surface area contributed by atoms with E-state index in [1.807, 2.05) is 31.3 Å². The van der Waals surface area contributed by atoms with Gasteiger partial charge in [-0.2, -0.15) is 0 Å². The van der Waals surface area contributed by atoms with E-state index in [9.17, 15) is 9.59 Å². The summed E-state index contributed by atoms with van der Waals surface area (Å²) in [5.74, 6) is -0.269. The molecule has 0 N–H and O–H groups in total. The maximum Gasteiger partial charge on any atom is 0.419 e. The highest BCUT2D eigenvalue weighted by Crippen LogP contribution is 2.15. The summed E-state index contributed by atoms with van der Waals surface area (Å²) in [7, 11) is 3.50. The molecule has 0 saturated heterocycles. The van der Waals surface area contributed by atoms with E-state index in [1.54, 1.807) is 30.4 Å². The van der Waals surface area contributed by atoms with Crippen LogP contribution in [0.2, 0.25) is 0 Å². The number of fused-ring (bicyclic) bond motifs is 1. The highest BCUT2D eigenvalue weighted by Gasteiger charge is 2.11. The largest absolute Gasteiger partial charge is 0.419 e. The molecule has 0 unspecified atom stereocenters. The summed E-state index contributed by atoms with van der Waals surface area (Å²) in [6, 6.07) is 9.51. The summed E-state index contributed by atoms with van der Waals surface area (Å²) in [5, 5.41) is 0. The molecule has 0 saturated carbocycles. The van der Waals surface area contributed by atoms with Gasteiger partial charge in [0.1, 0.15) is 0 Å². The van der Waals surface area contributed by atoms with Crippen LogP contribution in [-0.4, -0.2) is 34.0 Å². The first-order valence-corrected chi connectivity index (χ1v) is 8.26. The fraction of sp³-hybridized carbons (Fsp3) is 0.316. The third-order valence-corrected chi connectivity index (χ3v) is 4.39. The van der Waals surface area contributed by atoms with Crippen molar-refractivity contribution in [3.05, 3.63) is 64.4 Å². The summed E-state index contributed by atoms with van der Waals surface area (Å²) in [5.41, 5.74) is 3.50. The Morgan fingerprint density at radius 2 is 1.92 bits per heavy atom. The van der Waals surface area contributed by atoms with E-state index in [-0.39, 0.29) is 11.7 Å². The third kappa shape index (κ3) is 3.96. The second-order valence-corrected chi connectivity index (χ2v) is 6.15. The molecule has 130 valence electrons.